The Kier molecular flexibility index (Phi) is 3.39. The number of carbonyl (C=O) groups is 1. The van der Waals surface area contributed by atoms with Gasteiger partial charge in [0.05, 0.1) is 5.69 Å². The lowest BCUT2D eigenvalue weighted by Gasteiger charge is -2.08. The minimum atomic E-state index is -0.350. The average Bonchev–Trinajstić information content (AvgIpc) is 2.91. The van der Waals surface area contributed by atoms with Gasteiger partial charge in [0.25, 0.3) is 0 Å². The van der Waals surface area contributed by atoms with E-state index >= 15 is 0 Å². The van der Waals surface area contributed by atoms with Crippen LogP contribution in [0.3, 0.4) is 0 Å². The first-order valence-electron chi connectivity index (χ1n) is 6.51. The number of carbonyl (C=O) groups excluding carboxylic acids is 1. The Bertz CT molecular complexity index is 750. The smallest absolute Gasteiger partial charge is 0.347 e. The van der Waals surface area contributed by atoms with Crippen LogP contribution >= 0.6 is 0 Å². The molecule has 5 heteroatoms. The third kappa shape index (κ3) is 2.76. The van der Waals surface area contributed by atoms with Crippen LogP contribution in [0.2, 0.25) is 0 Å². The highest BCUT2D eigenvalue weighted by molar-refractivity contribution is 5.93. The number of hydrogen-bond donors (Lipinski definition) is 2. The molecule has 0 fully saturated rings. The Balaban J connectivity index is 1.94. The van der Waals surface area contributed by atoms with Gasteiger partial charge in [-0.2, -0.15) is 4.68 Å². The zero-order valence-electron chi connectivity index (χ0n) is 11.2. The molecule has 104 valence electrons. The molecule has 0 unspecified atom stereocenters. The monoisotopic (exact) mass is 278 g/mol. The van der Waals surface area contributed by atoms with Crippen molar-refractivity contribution in [2.75, 3.05) is 11.1 Å². The van der Waals surface area contributed by atoms with Crippen molar-refractivity contribution in [3.63, 3.8) is 0 Å². The maximum Gasteiger partial charge on any atom is 0.347 e. The fraction of sp³-hybridized carbons (Fsp3) is 0. The van der Waals surface area contributed by atoms with Gasteiger partial charge >= 0.3 is 6.03 Å². The number of amides is 1. The maximum absolute atomic E-state index is 12.4. The lowest BCUT2D eigenvalue weighted by molar-refractivity contribution is 0.251. The first-order valence-corrected chi connectivity index (χ1v) is 6.51. The van der Waals surface area contributed by atoms with Gasteiger partial charge in [-0.3, -0.25) is 0 Å². The van der Waals surface area contributed by atoms with Crippen LogP contribution in [0.1, 0.15) is 0 Å². The average molecular weight is 278 g/mol. The number of para-hydroxylation sites is 1. The first-order chi connectivity index (χ1) is 10.2. The van der Waals surface area contributed by atoms with Gasteiger partial charge in [-0.15, -0.1) is 5.10 Å². The predicted molar refractivity (Wildman–Crippen MR) is 82.9 cm³/mol. The molecule has 21 heavy (non-hydrogen) atoms. The molecule has 0 aliphatic rings. The number of nitrogens with one attached hydrogen (secondary N) is 1. The Labute approximate surface area is 122 Å². The molecule has 0 saturated heterocycles. The SMILES string of the molecule is Nc1cc(-c2ccccc2)n(C(=O)Nc2ccccc2)n1. The van der Waals surface area contributed by atoms with Gasteiger partial charge in [0.2, 0.25) is 0 Å². The predicted octanol–water partition coefficient (Wildman–Crippen LogP) is 3.21. The fourth-order valence-corrected chi connectivity index (χ4v) is 2.07. The van der Waals surface area contributed by atoms with Gasteiger partial charge in [0, 0.05) is 17.3 Å². The van der Waals surface area contributed by atoms with Gasteiger partial charge < -0.3 is 11.1 Å². The number of anilines is 2. The molecule has 3 N–H and O–H groups in total. The van der Waals surface area contributed by atoms with E-state index in [9.17, 15) is 4.79 Å². The van der Waals surface area contributed by atoms with E-state index < -0.39 is 0 Å². The third-order valence-electron chi connectivity index (χ3n) is 3.02. The summed E-state index contributed by atoms with van der Waals surface area (Å²) in [6, 6.07) is 20.1. The standard InChI is InChI=1S/C16H14N4O/c17-15-11-14(12-7-3-1-4-8-12)20(19-15)16(21)18-13-9-5-2-6-10-13/h1-11H,(H2,17,19)(H,18,21). The summed E-state index contributed by atoms with van der Waals surface area (Å²) < 4.78 is 1.28. The van der Waals surface area contributed by atoms with E-state index in [0.717, 1.165) is 5.56 Å². The summed E-state index contributed by atoms with van der Waals surface area (Å²) in [6.07, 6.45) is 0. The van der Waals surface area contributed by atoms with E-state index in [2.05, 4.69) is 10.4 Å². The van der Waals surface area contributed by atoms with Gasteiger partial charge in [0.15, 0.2) is 0 Å². The molecule has 3 rings (SSSR count). The molecule has 5 nitrogen and oxygen atoms in total. The highest BCUT2D eigenvalue weighted by Crippen LogP contribution is 2.21. The Hall–Kier alpha value is -3.08. The summed E-state index contributed by atoms with van der Waals surface area (Å²) in [5.74, 6) is 0.303. The lowest BCUT2D eigenvalue weighted by Crippen LogP contribution is -2.21. The van der Waals surface area contributed by atoms with Crippen molar-refractivity contribution in [1.29, 1.82) is 0 Å². The quantitative estimate of drug-likeness (QED) is 0.756. The third-order valence-corrected chi connectivity index (χ3v) is 3.02. The minimum Gasteiger partial charge on any atom is -0.382 e. The fourth-order valence-electron chi connectivity index (χ4n) is 2.07. The molecule has 0 bridgehead atoms. The van der Waals surface area contributed by atoms with Gasteiger partial charge in [-0.25, -0.2) is 4.79 Å². The Morgan fingerprint density at radius 3 is 2.29 bits per heavy atom. The summed E-state index contributed by atoms with van der Waals surface area (Å²) in [5, 5.41) is 6.85. The molecule has 2 aromatic carbocycles. The maximum atomic E-state index is 12.4. The summed E-state index contributed by atoms with van der Waals surface area (Å²) in [7, 11) is 0. The first kappa shape index (κ1) is 12.9. The molecule has 0 spiro atoms. The number of nitrogens with two attached hydrogens (primary N) is 1. The number of aromatic nitrogens is 2. The topological polar surface area (TPSA) is 72.9 Å². The number of rotatable bonds is 2. The van der Waals surface area contributed by atoms with Crippen LogP contribution in [0.4, 0.5) is 16.3 Å². The van der Waals surface area contributed by atoms with Crippen LogP contribution in [0.25, 0.3) is 11.3 Å². The van der Waals surface area contributed by atoms with Crippen molar-refractivity contribution in [1.82, 2.24) is 9.78 Å². The van der Waals surface area contributed by atoms with Crippen molar-refractivity contribution in [2.45, 2.75) is 0 Å². The van der Waals surface area contributed by atoms with Crippen LogP contribution in [-0.2, 0) is 0 Å². The summed E-state index contributed by atoms with van der Waals surface area (Å²) >= 11 is 0. The van der Waals surface area contributed by atoms with Crippen LogP contribution < -0.4 is 11.1 Å². The van der Waals surface area contributed by atoms with E-state index in [1.54, 1.807) is 6.07 Å². The second-order valence-electron chi connectivity index (χ2n) is 4.53. The molecule has 0 atom stereocenters. The Morgan fingerprint density at radius 1 is 1.00 bits per heavy atom. The van der Waals surface area contributed by atoms with Crippen molar-refractivity contribution in [2.24, 2.45) is 0 Å². The van der Waals surface area contributed by atoms with E-state index in [1.807, 2.05) is 60.7 Å². The molecule has 1 heterocycles. The molecule has 0 saturated carbocycles. The van der Waals surface area contributed by atoms with Crippen LogP contribution in [0, 0.1) is 0 Å². The van der Waals surface area contributed by atoms with Crippen molar-refractivity contribution in [3.05, 3.63) is 66.7 Å². The Morgan fingerprint density at radius 2 is 1.62 bits per heavy atom. The van der Waals surface area contributed by atoms with Gasteiger partial charge in [-0.05, 0) is 12.1 Å². The molecule has 0 aliphatic heterocycles. The second kappa shape index (κ2) is 5.50. The minimum absolute atomic E-state index is 0.303. The van der Waals surface area contributed by atoms with Crippen LogP contribution in [-0.4, -0.2) is 15.8 Å². The van der Waals surface area contributed by atoms with Crippen molar-refractivity contribution in [3.8, 4) is 11.3 Å². The summed E-state index contributed by atoms with van der Waals surface area (Å²) in [5.41, 5.74) is 7.97. The number of hydrogen-bond acceptors (Lipinski definition) is 3. The van der Waals surface area contributed by atoms with E-state index in [-0.39, 0.29) is 6.03 Å². The summed E-state index contributed by atoms with van der Waals surface area (Å²) in [4.78, 5) is 12.4. The molecule has 1 aromatic heterocycles. The van der Waals surface area contributed by atoms with E-state index in [4.69, 9.17) is 5.73 Å². The highest BCUT2D eigenvalue weighted by Gasteiger charge is 2.14. The number of nitrogens with zero attached hydrogens (tertiary/aromatic N) is 2. The number of nitrogen functional groups attached to an aromatic ring is 1. The van der Waals surface area contributed by atoms with Crippen molar-refractivity contribution < 1.29 is 4.79 Å². The van der Waals surface area contributed by atoms with E-state index in [0.29, 0.717) is 17.2 Å². The zero-order valence-corrected chi connectivity index (χ0v) is 11.2. The van der Waals surface area contributed by atoms with Gasteiger partial charge in [-0.1, -0.05) is 48.5 Å². The molecule has 0 radical (unpaired) electrons. The molecule has 1 amide bonds. The number of benzene rings is 2. The molecule has 0 aliphatic carbocycles. The highest BCUT2D eigenvalue weighted by atomic mass is 16.2. The second-order valence-corrected chi connectivity index (χ2v) is 4.53. The van der Waals surface area contributed by atoms with Gasteiger partial charge in [0.1, 0.15) is 5.82 Å². The largest absolute Gasteiger partial charge is 0.382 e. The molecular formula is C16H14N4O. The normalized spacial score (nSPS) is 10.3. The van der Waals surface area contributed by atoms with Crippen molar-refractivity contribution >= 4 is 17.5 Å². The van der Waals surface area contributed by atoms with Crippen LogP contribution in [0.15, 0.2) is 66.7 Å². The van der Waals surface area contributed by atoms with Crippen LogP contribution in [0.5, 0.6) is 0 Å². The lowest BCUT2D eigenvalue weighted by atomic mass is 10.1. The zero-order chi connectivity index (χ0) is 14.7. The summed E-state index contributed by atoms with van der Waals surface area (Å²) in [6.45, 7) is 0. The molecule has 3 aromatic rings. The van der Waals surface area contributed by atoms with E-state index in [1.165, 1.54) is 4.68 Å². The molecular weight excluding hydrogens is 264 g/mol.